The molecular weight excluding hydrogens is 370 g/mol. The van der Waals surface area contributed by atoms with Crippen LogP contribution in [-0.4, -0.2) is 39.5 Å². The van der Waals surface area contributed by atoms with E-state index in [1.807, 2.05) is 30.3 Å². The molecule has 5 nitrogen and oxygen atoms in total. The maximum Gasteiger partial charge on any atom is 0.257 e. The highest BCUT2D eigenvalue weighted by Gasteiger charge is 2.09. The highest BCUT2D eigenvalue weighted by atomic mass is 79.9. The molecule has 1 N–H and O–H groups in total. The Morgan fingerprint density at radius 2 is 1.95 bits per heavy atom. The highest BCUT2D eigenvalue weighted by molar-refractivity contribution is 9.10. The fourth-order valence-corrected chi connectivity index (χ4v) is 2.98. The van der Waals surface area contributed by atoms with Crippen LogP contribution in [0.1, 0.15) is 0 Å². The van der Waals surface area contributed by atoms with E-state index in [1.165, 1.54) is 0 Å². The van der Waals surface area contributed by atoms with Crippen LogP contribution >= 0.6 is 15.9 Å². The summed E-state index contributed by atoms with van der Waals surface area (Å²) in [5.41, 5.74) is 0. The van der Waals surface area contributed by atoms with Crippen molar-refractivity contribution >= 4 is 42.4 Å². The predicted octanol–water partition coefficient (Wildman–Crippen LogP) is 2.14. The number of carbonyl (C=O) groups excluding carboxylic acids is 1. The first-order chi connectivity index (χ1) is 10.4. The maximum atomic E-state index is 11.6. The van der Waals surface area contributed by atoms with Crippen LogP contribution in [0.2, 0.25) is 0 Å². The molecular formula is C15H16BrNO4S. The van der Waals surface area contributed by atoms with Crippen LogP contribution in [0.15, 0.2) is 40.9 Å². The third-order valence-corrected chi connectivity index (χ3v) is 4.75. The van der Waals surface area contributed by atoms with Gasteiger partial charge in [-0.05, 0) is 32.8 Å². The Labute approximate surface area is 137 Å². The number of hydrogen-bond acceptors (Lipinski definition) is 4. The number of carbonyl (C=O) groups is 1. The number of amides is 1. The van der Waals surface area contributed by atoms with Gasteiger partial charge in [-0.2, -0.15) is 0 Å². The molecule has 0 aliphatic carbocycles. The Balaban J connectivity index is 1.94. The van der Waals surface area contributed by atoms with E-state index in [1.54, 1.807) is 6.07 Å². The van der Waals surface area contributed by atoms with E-state index >= 15 is 0 Å². The minimum absolute atomic E-state index is 0.0833. The van der Waals surface area contributed by atoms with E-state index in [-0.39, 0.29) is 24.8 Å². The van der Waals surface area contributed by atoms with Crippen LogP contribution in [0.3, 0.4) is 0 Å². The van der Waals surface area contributed by atoms with Crippen molar-refractivity contribution in [2.24, 2.45) is 0 Å². The number of fused-ring (bicyclic) bond motifs is 1. The van der Waals surface area contributed by atoms with E-state index in [9.17, 15) is 13.2 Å². The standard InChI is InChI=1S/C15H16BrNO4S/c1-22(19,20)9-8-17-14(18)10-21-13-7-6-11-4-2-3-5-12(11)15(13)16/h2-7H,8-10H2,1H3,(H,17,18). The molecule has 2 aromatic rings. The number of rotatable bonds is 6. The second-order valence-corrected chi connectivity index (χ2v) is 7.92. The Hall–Kier alpha value is -1.60. The molecule has 2 aromatic carbocycles. The van der Waals surface area contributed by atoms with E-state index in [2.05, 4.69) is 21.2 Å². The average Bonchev–Trinajstić information content (AvgIpc) is 2.45. The Morgan fingerprint density at radius 3 is 2.68 bits per heavy atom. The van der Waals surface area contributed by atoms with E-state index in [4.69, 9.17) is 4.74 Å². The second-order valence-electron chi connectivity index (χ2n) is 4.87. The van der Waals surface area contributed by atoms with Gasteiger partial charge < -0.3 is 10.1 Å². The molecule has 0 spiro atoms. The van der Waals surface area contributed by atoms with E-state index < -0.39 is 9.84 Å². The largest absolute Gasteiger partial charge is 0.483 e. The lowest BCUT2D eigenvalue weighted by molar-refractivity contribution is -0.122. The molecule has 0 bridgehead atoms. The van der Waals surface area contributed by atoms with Crippen LogP contribution in [0.25, 0.3) is 10.8 Å². The summed E-state index contributed by atoms with van der Waals surface area (Å²) in [6.07, 6.45) is 1.13. The molecule has 0 aliphatic heterocycles. The molecule has 0 aliphatic rings. The lowest BCUT2D eigenvalue weighted by Gasteiger charge is -2.10. The Morgan fingerprint density at radius 1 is 1.23 bits per heavy atom. The van der Waals surface area contributed by atoms with Gasteiger partial charge in [-0.25, -0.2) is 8.42 Å². The van der Waals surface area contributed by atoms with Crippen LogP contribution < -0.4 is 10.1 Å². The molecule has 2 rings (SSSR count). The summed E-state index contributed by atoms with van der Waals surface area (Å²) in [6, 6.07) is 11.5. The van der Waals surface area contributed by atoms with E-state index in [0.717, 1.165) is 21.5 Å². The lowest BCUT2D eigenvalue weighted by Crippen LogP contribution is -2.32. The number of nitrogens with one attached hydrogen (secondary N) is 1. The van der Waals surface area contributed by atoms with Crippen molar-refractivity contribution in [3.05, 3.63) is 40.9 Å². The number of ether oxygens (including phenoxy) is 1. The minimum atomic E-state index is -3.08. The van der Waals surface area contributed by atoms with Crippen molar-refractivity contribution in [2.45, 2.75) is 0 Å². The van der Waals surface area contributed by atoms with Gasteiger partial charge in [0.1, 0.15) is 15.6 Å². The monoisotopic (exact) mass is 385 g/mol. The van der Waals surface area contributed by atoms with Gasteiger partial charge in [0.2, 0.25) is 0 Å². The van der Waals surface area contributed by atoms with Crippen molar-refractivity contribution in [2.75, 3.05) is 25.2 Å². The molecule has 0 fully saturated rings. The van der Waals surface area contributed by atoms with Gasteiger partial charge in [0.05, 0.1) is 10.2 Å². The van der Waals surface area contributed by atoms with Crippen molar-refractivity contribution in [3.63, 3.8) is 0 Å². The smallest absolute Gasteiger partial charge is 0.257 e. The second kappa shape index (κ2) is 7.11. The van der Waals surface area contributed by atoms with Crippen LogP contribution in [0.4, 0.5) is 0 Å². The number of benzene rings is 2. The predicted molar refractivity (Wildman–Crippen MR) is 89.9 cm³/mol. The van der Waals surface area contributed by atoms with Gasteiger partial charge in [-0.15, -0.1) is 0 Å². The summed E-state index contributed by atoms with van der Waals surface area (Å²) >= 11 is 3.47. The summed E-state index contributed by atoms with van der Waals surface area (Å²) in [5.74, 6) is 0.124. The van der Waals surface area contributed by atoms with Crippen LogP contribution in [0.5, 0.6) is 5.75 Å². The van der Waals surface area contributed by atoms with Crippen LogP contribution in [-0.2, 0) is 14.6 Å². The van der Waals surface area contributed by atoms with Gasteiger partial charge in [-0.3, -0.25) is 4.79 Å². The van der Waals surface area contributed by atoms with Crippen LogP contribution in [0, 0.1) is 0 Å². The van der Waals surface area contributed by atoms with Gasteiger partial charge in [0.15, 0.2) is 6.61 Å². The molecule has 1 amide bonds. The topological polar surface area (TPSA) is 72.5 Å². The fraction of sp³-hybridized carbons (Fsp3) is 0.267. The summed E-state index contributed by atoms with van der Waals surface area (Å²) in [6.45, 7) is -0.0827. The molecule has 0 aromatic heterocycles. The van der Waals surface area contributed by atoms with Gasteiger partial charge >= 0.3 is 0 Å². The summed E-state index contributed by atoms with van der Waals surface area (Å²) < 4.78 is 28.2. The lowest BCUT2D eigenvalue weighted by atomic mass is 10.1. The van der Waals surface area contributed by atoms with Crippen molar-refractivity contribution in [1.82, 2.24) is 5.32 Å². The molecule has 0 saturated heterocycles. The SMILES string of the molecule is CS(=O)(=O)CCNC(=O)COc1ccc2ccccc2c1Br. The quantitative estimate of drug-likeness (QED) is 0.826. The Kier molecular flexibility index (Phi) is 5.42. The van der Waals surface area contributed by atoms with Crippen molar-refractivity contribution < 1.29 is 17.9 Å². The third kappa shape index (κ3) is 4.71. The molecule has 22 heavy (non-hydrogen) atoms. The molecule has 0 unspecified atom stereocenters. The molecule has 7 heteroatoms. The number of sulfone groups is 1. The molecule has 0 heterocycles. The zero-order chi connectivity index (χ0) is 16.2. The summed E-state index contributed by atoms with van der Waals surface area (Å²) in [5, 5.41) is 4.57. The van der Waals surface area contributed by atoms with Gasteiger partial charge in [0, 0.05) is 12.8 Å². The number of hydrogen-bond donors (Lipinski definition) is 1. The zero-order valence-corrected chi connectivity index (χ0v) is 14.4. The number of halogens is 1. The molecule has 0 atom stereocenters. The normalized spacial score (nSPS) is 11.4. The van der Waals surface area contributed by atoms with Crippen molar-refractivity contribution in [3.8, 4) is 5.75 Å². The van der Waals surface area contributed by atoms with Crippen molar-refractivity contribution in [1.29, 1.82) is 0 Å². The fourth-order valence-electron chi connectivity index (χ4n) is 1.90. The first-order valence-electron chi connectivity index (χ1n) is 6.61. The molecule has 0 radical (unpaired) electrons. The molecule has 0 saturated carbocycles. The zero-order valence-electron chi connectivity index (χ0n) is 12.0. The van der Waals surface area contributed by atoms with Gasteiger partial charge in [0.25, 0.3) is 5.91 Å². The minimum Gasteiger partial charge on any atom is -0.483 e. The third-order valence-electron chi connectivity index (χ3n) is 2.98. The average molecular weight is 386 g/mol. The first-order valence-corrected chi connectivity index (χ1v) is 9.46. The van der Waals surface area contributed by atoms with Gasteiger partial charge in [-0.1, -0.05) is 30.3 Å². The Bertz CT molecular complexity index is 789. The molecule has 118 valence electrons. The highest BCUT2D eigenvalue weighted by Crippen LogP contribution is 2.32. The first kappa shape index (κ1) is 16.8. The maximum absolute atomic E-state index is 11.6. The summed E-state index contributed by atoms with van der Waals surface area (Å²) in [7, 11) is -3.08. The van der Waals surface area contributed by atoms with E-state index in [0.29, 0.717) is 5.75 Å². The summed E-state index contributed by atoms with van der Waals surface area (Å²) in [4.78, 5) is 11.6.